The zero-order valence-corrected chi connectivity index (χ0v) is 16.3. The number of amides is 1. The minimum Gasteiger partial charge on any atom is -0.438 e. The number of aromatic nitrogens is 1. The number of carbonyl (C=O) groups is 1. The molecule has 1 aliphatic rings. The van der Waals surface area contributed by atoms with Crippen molar-refractivity contribution in [3.05, 3.63) is 47.2 Å². The fourth-order valence-electron chi connectivity index (χ4n) is 3.23. The van der Waals surface area contributed by atoms with Crippen molar-refractivity contribution in [2.24, 2.45) is 0 Å². The maximum Gasteiger partial charge on any atom is 0.289 e. The summed E-state index contributed by atoms with van der Waals surface area (Å²) in [6.07, 6.45) is 1.65. The Hall–Kier alpha value is -2.23. The van der Waals surface area contributed by atoms with E-state index in [-0.39, 0.29) is 16.8 Å². The number of piperidine rings is 1. The van der Waals surface area contributed by atoms with E-state index in [1.807, 2.05) is 18.2 Å². The van der Waals surface area contributed by atoms with Crippen LogP contribution in [-0.2, 0) is 10.0 Å². The average Bonchev–Trinajstić information content (AvgIpc) is 3.35. The Morgan fingerprint density at radius 3 is 2.67 bits per heavy atom. The van der Waals surface area contributed by atoms with Crippen molar-refractivity contribution in [1.29, 1.82) is 0 Å². The van der Waals surface area contributed by atoms with Gasteiger partial charge in [-0.2, -0.15) is 0 Å². The summed E-state index contributed by atoms with van der Waals surface area (Å²) in [6.45, 7) is 1.18. The molecule has 1 aliphatic heterocycles. The Bertz CT molecular complexity index is 1050. The SMILES string of the molecule is CNS(=O)(=O)c1ccc(C(=O)N2CCC(c3nc4ccccc4s3)CC2)o1. The van der Waals surface area contributed by atoms with Gasteiger partial charge in [-0.3, -0.25) is 4.79 Å². The summed E-state index contributed by atoms with van der Waals surface area (Å²) in [5.74, 6) is 0.0980. The number of hydrogen-bond donors (Lipinski definition) is 1. The number of fused-ring (bicyclic) bond motifs is 1. The van der Waals surface area contributed by atoms with Crippen molar-refractivity contribution in [1.82, 2.24) is 14.6 Å². The van der Waals surface area contributed by atoms with Crippen molar-refractivity contribution in [3.63, 3.8) is 0 Å². The highest BCUT2D eigenvalue weighted by molar-refractivity contribution is 7.89. The fourth-order valence-corrected chi connectivity index (χ4v) is 5.01. The molecule has 1 fully saturated rings. The molecule has 1 amide bonds. The fraction of sp³-hybridized carbons (Fsp3) is 0.333. The van der Waals surface area contributed by atoms with Crippen LogP contribution in [0.4, 0.5) is 0 Å². The van der Waals surface area contributed by atoms with Crippen molar-refractivity contribution in [2.75, 3.05) is 20.1 Å². The minimum atomic E-state index is -3.69. The lowest BCUT2D eigenvalue weighted by Crippen LogP contribution is -2.37. The normalized spacial score (nSPS) is 16.1. The van der Waals surface area contributed by atoms with Gasteiger partial charge in [-0.15, -0.1) is 11.3 Å². The highest BCUT2D eigenvalue weighted by Crippen LogP contribution is 2.34. The Kier molecular flexibility index (Phi) is 4.75. The van der Waals surface area contributed by atoms with Crippen LogP contribution in [0.15, 0.2) is 45.9 Å². The van der Waals surface area contributed by atoms with Gasteiger partial charge in [0.05, 0.1) is 15.2 Å². The highest BCUT2D eigenvalue weighted by Gasteiger charge is 2.29. The molecule has 1 aromatic carbocycles. The largest absolute Gasteiger partial charge is 0.438 e. The molecule has 0 bridgehead atoms. The van der Waals surface area contributed by atoms with Crippen LogP contribution in [0.2, 0.25) is 0 Å². The summed E-state index contributed by atoms with van der Waals surface area (Å²) in [5.41, 5.74) is 1.02. The van der Waals surface area contributed by atoms with Gasteiger partial charge in [-0.25, -0.2) is 18.1 Å². The number of benzene rings is 1. The Morgan fingerprint density at radius 1 is 1.22 bits per heavy atom. The van der Waals surface area contributed by atoms with Crippen molar-refractivity contribution < 1.29 is 17.6 Å². The summed E-state index contributed by atoms with van der Waals surface area (Å²) in [7, 11) is -2.40. The lowest BCUT2D eigenvalue weighted by atomic mass is 9.97. The number of carbonyl (C=O) groups excluding carboxylic acids is 1. The summed E-state index contributed by atoms with van der Waals surface area (Å²) in [6, 6.07) is 10.8. The van der Waals surface area contributed by atoms with E-state index in [0.29, 0.717) is 19.0 Å². The third kappa shape index (κ3) is 3.50. The van der Waals surface area contributed by atoms with E-state index in [4.69, 9.17) is 9.40 Å². The van der Waals surface area contributed by atoms with Gasteiger partial charge in [0, 0.05) is 19.0 Å². The van der Waals surface area contributed by atoms with Gasteiger partial charge in [0.15, 0.2) is 5.76 Å². The molecular formula is C18H19N3O4S2. The van der Waals surface area contributed by atoms with Crippen LogP contribution in [-0.4, -0.2) is 44.3 Å². The van der Waals surface area contributed by atoms with E-state index in [1.165, 1.54) is 23.9 Å². The lowest BCUT2D eigenvalue weighted by molar-refractivity contribution is 0.0675. The maximum atomic E-state index is 12.6. The van der Waals surface area contributed by atoms with Gasteiger partial charge < -0.3 is 9.32 Å². The number of sulfonamides is 1. The first kappa shape index (κ1) is 18.1. The zero-order valence-electron chi connectivity index (χ0n) is 14.7. The van der Waals surface area contributed by atoms with Crippen molar-refractivity contribution in [2.45, 2.75) is 23.9 Å². The second kappa shape index (κ2) is 7.06. The standard InChI is InChI=1S/C18H19N3O4S2/c1-19-27(23,24)16-7-6-14(25-16)18(22)21-10-8-12(9-11-21)17-20-13-4-2-3-5-15(13)26-17/h2-7,12,19H,8-11H2,1H3. The number of thiazole rings is 1. The number of rotatable bonds is 4. The third-order valence-corrected chi connectivity index (χ3v) is 7.25. The van der Waals surface area contributed by atoms with Crippen LogP contribution in [0.25, 0.3) is 10.2 Å². The number of hydrogen-bond acceptors (Lipinski definition) is 6. The number of nitrogens with one attached hydrogen (secondary N) is 1. The van der Waals surface area contributed by atoms with E-state index in [0.717, 1.165) is 23.4 Å². The van der Waals surface area contributed by atoms with Crippen LogP contribution in [0.5, 0.6) is 0 Å². The molecule has 2 aromatic heterocycles. The molecule has 4 rings (SSSR count). The monoisotopic (exact) mass is 405 g/mol. The molecule has 0 radical (unpaired) electrons. The lowest BCUT2D eigenvalue weighted by Gasteiger charge is -2.30. The molecule has 1 saturated heterocycles. The van der Waals surface area contributed by atoms with Gasteiger partial charge in [-0.1, -0.05) is 12.1 Å². The van der Waals surface area contributed by atoms with E-state index in [9.17, 15) is 13.2 Å². The Balaban J connectivity index is 1.43. The second-order valence-electron chi connectivity index (χ2n) is 6.41. The molecule has 0 atom stereocenters. The summed E-state index contributed by atoms with van der Waals surface area (Å²) in [5, 5.41) is 0.862. The van der Waals surface area contributed by atoms with E-state index in [2.05, 4.69) is 10.8 Å². The van der Waals surface area contributed by atoms with Gasteiger partial charge >= 0.3 is 0 Å². The van der Waals surface area contributed by atoms with E-state index >= 15 is 0 Å². The maximum absolute atomic E-state index is 12.6. The van der Waals surface area contributed by atoms with Crippen LogP contribution in [0, 0.1) is 0 Å². The van der Waals surface area contributed by atoms with E-state index < -0.39 is 10.0 Å². The smallest absolute Gasteiger partial charge is 0.289 e. The van der Waals surface area contributed by atoms with Gasteiger partial charge in [-0.05, 0) is 44.2 Å². The number of para-hydroxylation sites is 1. The second-order valence-corrected chi connectivity index (χ2v) is 9.29. The predicted octanol–water partition coefficient (Wildman–Crippen LogP) is 2.82. The summed E-state index contributed by atoms with van der Waals surface area (Å²) >= 11 is 1.71. The highest BCUT2D eigenvalue weighted by atomic mass is 32.2. The molecular weight excluding hydrogens is 386 g/mol. The molecule has 7 nitrogen and oxygen atoms in total. The zero-order chi connectivity index (χ0) is 19.0. The van der Waals surface area contributed by atoms with E-state index in [1.54, 1.807) is 16.2 Å². The molecule has 0 saturated carbocycles. The number of nitrogens with zero attached hydrogens (tertiary/aromatic N) is 2. The van der Waals surface area contributed by atoms with Crippen LogP contribution in [0.3, 0.4) is 0 Å². The van der Waals surface area contributed by atoms with Crippen LogP contribution < -0.4 is 4.72 Å². The molecule has 3 aromatic rings. The van der Waals surface area contributed by atoms with Crippen LogP contribution >= 0.6 is 11.3 Å². The minimum absolute atomic E-state index is 0.0438. The summed E-state index contributed by atoms with van der Waals surface area (Å²) in [4.78, 5) is 19.1. The molecule has 27 heavy (non-hydrogen) atoms. The average molecular weight is 406 g/mol. The molecule has 0 spiro atoms. The molecule has 0 aliphatic carbocycles. The van der Waals surface area contributed by atoms with Crippen LogP contribution in [0.1, 0.15) is 34.3 Å². The summed E-state index contributed by atoms with van der Waals surface area (Å²) < 4.78 is 32.1. The van der Waals surface area contributed by atoms with Crippen molar-refractivity contribution in [3.8, 4) is 0 Å². The van der Waals surface area contributed by atoms with Gasteiger partial charge in [0.2, 0.25) is 5.09 Å². The Morgan fingerprint density at radius 2 is 1.96 bits per heavy atom. The van der Waals surface area contributed by atoms with Gasteiger partial charge in [0.1, 0.15) is 0 Å². The quantitative estimate of drug-likeness (QED) is 0.721. The topological polar surface area (TPSA) is 92.5 Å². The first-order valence-corrected chi connectivity index (χ1v) is 11.0. The van der Waals surface area contributed by atoms with Gasteiger partial charge in [0.25, 0.3) is 15.9 Å². The molecule has 3 heterocycles. The molecule has 142 valence electrons. The molecule has 0 unspecified atom stereocenters. The first-order valence-electron chi connectivity index (χ1n) is 8.66. The third-order valence-electron chi connectivity index (χ3n) is 4.77. The first-order chi connectivity index (χ1) is 13.0. The predicted molar refractivity (Wildman–Crippen MR) is 102 cm³/mol. The molecule has 1 N–H and O–H groups in total. The number of furan rings is 1. The molecule has 9 heteroatoms. The van der Waals surface area contributed by atoms with Crippen molar-refractivity contribution >= 4 is 37.5 Å². The Labute approximate surface area is 161 Å². The number of likely N-dealkylation sites (tertiary alicyclic amines) is 1.